The average Bonchev–Trinajstić information content (AvgIpc) is 2.39. The third-order valence-corrected chi connectivity index (χ3v) is 3.75. The lowest BCUT2D eigenvalue weighted by Gasteiger charge is -2.20. The highest BCUT2D eigenvalue weighted by Gasteiger charge is 2.09. The van der Waals surface area contributed by atoms with E-state index in [0.717, 1.165) is 25.8 Å². The second-order valence-electron chi connectivity index (χ2n) is 3.85. The largest absolute Gasteiger partial charge is 0.277 e. The number of hydroxylamine groups is 1. The van der Waals surface area contributed by atoms with Crippen LogP contribution < -0.4 is 5.06 Å². The Labute approximate surface area is 124 Å². The first-order chi connectivity index (χ1) is 8.61. The van der Waals surface area contributed by atoms with E-state index in [1.807, 2.05) is 31.3 Å². The maximum absolute atomic E-state index is 5.28. The number of hydrogen-bond acceptors (Lipinski definition) is 2. The highest BCUT2D eigenvalue weighted by atomic mass is 79.9. The van der Waals surface area contributed by atoms with Crippen molar-refractivity contribution in [3.63, 3.8) is 0 Å². The van der Waals surface area contributed by atoms with Gasteiger partial charge in [0.25, 0.3) is 0 Å². The van der Waals surface area contributed by atoms with Crippen molar-refractivity contribution in [3.05, 3.63) is 51.4 Å². The summed E-state index contributed by atoms with van der Waals surface area (Å²) >= 11 is 6.94. The first-order valence-electron chi connectivity index (χ1n) is 5.45. The molecule has 2 aromatic rings. The summed E-state index contributed by atoms with van der Waals surface area (Å²) in [4.78, 5) is 5.28. The van der Waals surface area contributed by atoms with Crippen LogP contribution in [0.3, 0.4) is 0 Å². The quantitative estimate of drug-likeness (QED) is 0.714. The molecule has 0 aliphatic heterocycles. The molecule has 18 heavy (non-hydrogen) atoms. The van der Waals surface area contributed by atoms with Gasteiger partial charge in [-0.2, -0.15) is 0 Å². The van der Waals surface area contributed by atoms with Gasteiger partial charge in [0, 0.05) is 21.6 Å². The van der Waals surface area contributed by atoms with Gasteiger partial charge in [0.1, 0.15) is 0 Å². The molecule has 0 N–H and O–H groups in total. The lowest BCUT2D eigenvalue weighted by atomic mass is 10.0. The van der Waals surface area contributed by atoms with Crippen molar-refractivity contribution in [3.8, 4) is 11.1 Å². The molecule has 0 unspecified atom stereocenters. The molecule has 0 saturated carbocycles. The van der Waals surface area contributed by atoms with Gasteiger partial charge in [0.2, 0.25) is 0 Å². The molecule has 0 aromatic heterocycles. The summed E-state index contributed by atoms with van der Waals surface area (Å²) in [6, 6.07) is 14.4. The standard InChI is InChI=1S/C14H13Br2NO/c1-17(18-2)14-9-12(16)7-8-13(14)10-3-5-11(15)6-4-10/h3-9H,1-2H3. The third-order valence-electron chi connectivity index (χ3n) is 2.73. The fraction of sp³-hybridized carbons (Fsp3) is 0.143. The summed E-state index contributed by atoms with van der Waals surface area (Å²) < 4.78 is 2.10. The van der Waals surface area contributed by atoms with E-state index in [1.165, 1.54) is 0 Å². The highest BCUT2D eigenvalue weighted by Crippen LogP contribution is 2.33. The Hall–Kier alpha value is -0.840. The summed E-state index contributed by atoms with van der Waals surface area (Å²) in [6.45, 7) is 0. The molecule has 2 nitrogen and oxygen atoms in total. The third kappa shape index (κ3) is 2.94. The van der Waals surface area contributed by atoms with Crippen LogP contribution in [0.1, 0.15) is 0 Å². The first kappa shape index (κ1) is 13.6. The molecule has 4 heteroatoms. The fourth-order valence-electron chi connectivity index (χ4n) is 1.74. The molecule has 0 spiro atoms. The van der Waals surface area contributed by atoms with Crippen LogP contribution in [-0.2, 0) is 4.84 Å². The molecule has 0 bridgehead atoms. The molecule has 0 heterocycles. The van der Waals surface area contributed by atoms with Crippen molar-refractivity contribution < 1.29 is 4.84 Å². The topological polar surface area (TPSA) is 12.5 Å². The van der Waals surface area contributed by atoms with Crippen molar-refractivity contribution in [2.24, 2.45) is 0 Å². The Morgan fingerprint density at radius 2 is 1.56 bits per heavy atom. The van der Waals surface area contributed by atoms with E-state index in [4.69, 9.17) is 4.84 Å². The van der Waals surface area contributed by atoms with E-state index in [9.17, 15) is 0 Å². The predicted octanol–water partition coefficient (Wildman–Crippen LogP) is 4.88. The van der Waals surface area contributed by atoms with Gasteiger partial charge in [-0.1, -0.05) is 50.1 Å². The van der Waals surface area contributed by atoms with Crippen LogP contribution in [0.4, 0.5) is 5.69 Å². The van der Waals surface area contributed by atoms with Crippen LogP contribution in [0, 0.1) is 0 Å². The Kier molecular flexibility index (Phi) is 4.43. The zero-order valence-electron chi connectivity index (χ0n) is 10.2. The van der Waals surface area contributed by atoms with Gasteiger partial charge in [-0.3, -0.25) is 9.90 Å². The molecule has 94 valence electrons. The van der Waals surface area contributed by atoms with Crippen LogP contribution in [-0.4, -0.2) is 14.2 Å². The minimum Gasteiger partial charge on any atom is -0.277 e. The summed E-state index contributed by atoms with van der Waals surface area (Å²) in [5, 5.41) is 1.75. The number of halogens is 2. The highest BCUT2D eigenvalue weighted by molar-refractivity contribution is 9.10. The van der Waals surface area contributed by atoms with Gasteiger partial charge in [-0.25, -0.2) is 0 Å². The van der Waals surface area contributed by atoms with Crippen molar-refractivity contribution in [1.29, 1.82) is 0 Å². The maximum Gasteiger partial charge on any atom is 0.0722 e. The molecule has 0 atom stereocenters. The molecule has 2 rings (SSSR count). The summed E-state index contributed by atoms with van der Waals surface area (Å²) in [5.41, 5.74) is 3.31. The molecule has 2 aromatic carbocycles. The van der Waals surface area contributed by atoms with E-state index in [-0.39, 0.29) is 0 Å². The van der Waals surface area contributed by atoms with Gasteiger partial charge >= 0.3 is 0 Å². The lowest BCUT2D eigenvalue weighted by Crippen LogP contribution is -2.15. The van der Waals surface area contributed by atoms with Crippen LogP contribution in [0.25, 0.3) is 11.1 Å². The van der Waals surface area contributed by atoms with Crippen molar-refractivity contribution in [1.82, 2.24) is 0 Å². The van der Waals surface area contributed by atoms with Gasteiger partial charge < -0.3 is 0 Å². The zero-order chi connectivity index (χ0) is 13.1. The van der Waals surface area contributed by atoms with E-state index < -0.39 is 0 Å². The summed E-state index contributed by atoms with van der Waals surface area (Å²) in [7, 11) is 3.55. The van der Waals surface area contributed by atoms with Gasteiger partial charge in [-0.05, 0) is 29.8 Å². The summed E-state index contributed by atoms with van der Waals surface area (Å²) in [5.74, 6) is 0. The average molecular weight is 371 g/mol. The minimum absolute atomic E-state index is 1.02. The molecule has 0 saturated heterocycles. The number of nitrogens with zero attached hydrogens (tertiary/aromatic N) is 1. The van der Waals surface area contributed by atoms with Crippen LogP contribution in [0.2, 0.25) is 0 Å². The second-order valence-corrected chi connectivity index (χ2v) is 5.68. The van der Waals surface area contributed by atoms with Crippen LogP contribution in [0.5, 0.6) is 0 Å². The predicted molar refractivity (Wildman–Crippen MR) is 82.7 cm³/mol. The van der Waals surface area contributed by atoms with Crippen LogP contribution >= 0.6 is 31.9 Å². The van der Waals surface area contributed by atoms with E-state index in [2.05, 4.69) is 50.1 Å². The Morgan fingerprint density at radius 3 is 2.17 bits per heavy atom. The van der Waals surface area contributed by atoms with Crippen LogP contribution in [0.15, 0.2) is 51.4 Å². The number of rotatable bonds is 3. The Morgan fingerprint density at radius 1 is 0.944 bits per heavy atom. The minimum atomic E-state index is 1.02. The molecule has 0 radical (unpaired) electrons. The smallest absolute Gasteiger partial charge is 0.0722 e. The fourth-order valence-corrected chi connectivity index (χ4v) is 2.35. The molecule has 0 fully saturated rings. The SMILES string of the molecule is CON(C)c1cc(Br)ccc1-c1ccc(Br)cc1. The van der Waals surface area contributed by atoms with Gasteiger partial charge in [0.15, 0.2) is 0 Å². The van der Waals surface area contributed by atoms with E-state index in [1.54, 1.807) is 12.2 Å². The normalized spacial score (nSPS) is 10.4. The monoisotopic (exact) mass is 369 g/mol. The molecular formula is C14H13Br2NO. The van der Waals surface area contributed by atoms with Crippen molar-refractivity contribution in [2.75, 3.05) is 19.2 Å². The molecule has 0 aliphatic carbocycles. The molecule has 0 amide bonds. The van der Waals surface area contributed by atoms with Gasteiger partial charge in [-0.15, -0.1) is 0 Å². The number of hydrogen-bond donors (Lipinski definition) is 0. The van der Waals surface area contributed by atoms with Crippen molar-refractivity contribution >= 4 is 37.5 Å². The lowest BCUT2D eigenvalue weighted by molar-refractivity contribution is 0.185. The zero-order valence-corrected chi connectivity index (χ0v) is 13.3. The first-order valence-corrected chi connectivity index (χ1v) is 7.04. The number of benzene rings is 2. The van der Waals surface area contributed by atoms with Crippen molar-refractivity contribution in [2.45, 2.75) is 0 Å². The second kappa shape index (κ2) is 5.87. The molecular weight excluding hydrogens is 358 g/mol. The molecule has 0 aliphatic rings. The van der Waals surface area contributed by atoms with Gasteiger partial charge in [0.05, 0.1) is 12.8 Å². The Balaban J connectivity index is 2.52. The van der Waals surface area contributed by atoms with E-state index >= 15 is 0 Å². The van der Waals surface area contributed by atoms with E-state index in [0.29, 0.717) is 0 Å². The summed E-state index contributed by atoms with van der Waals surface area (Å²) in [6.07, 6.45) is 0. The Bertz CT molecular complexity index is 540. The maximum atomic E-state index is 5.28. The number of anilines is 1.